The lowest BCUT2D eigenvalue weighted by Crippen LogP contribution is -2.41. The molecule has 5 rings (SSSR count). The molecule has 1 heterocycles. The van der Waals surface area contributed by atoms with Gasteiger partial charge in [-0.05, 0) is 66.2 Å². The third-order valence-corrected chi connectivity index (χ3v) is 6.40. The first-order chi connectivity index (χ1) is 16.9. The van der Waals surface area contributed by atoms with Gasteiger partial charge in [-0.3, -0.25) is 0 Å². The van der Waals surface area contributed by atoms with Crippen LogP contribution in [0.3, 0.4) is 0 Å². The van der Waals surface area contributed by atoms with E-state index < -0.39 is 24.4 Å². The first-order valence-electron chi connectivity index (χ1n) is 13.0. The third-order valence-electron chi connectivity index (χ3n) is 6.40. The molecule has 0 N–H and O–H groups in total. The van der Waals surface area contributed by atoms with Crippen molar-refractivity contribution in [1.29, 1.82) is 0 Å². The van der Waals surface area contributed by atoms with Crippen LogP contribution in [0.1, 0.15) is 34.5 Å². The Hall–Kier alpha value is -2.88. The molecule has 1 fully saturated rings. The number of fused-ring (bicyclic) bond motifs is 1. The maximum absolute atomic E-state index is 8.59. The second-order valence-corrected chi connectivity index (χ2v) is 8.92. The second-order valence-electron chi connectivity index (χ2n) is 8.92. The van der Waals surface area contributed by atoms with E-state index in [1.807, 2.05) is 88.4 Å². The summed E-state index contributed by atoms with van der Waals surface area (Å²) in [7, 11) is -0.547. The van der Waals surface area contributed by atoms with E-state index in [1.165, 1.54) is 0 Å². The van der Waals surface area contributed by atoms with Crippen molar-refractivity contribution in [3.63, 3.8) is 0 Å². The summed E-state index contributed by atoms with van der Waals surface area (Å²) < 4.78 is 54.2. The van der Waals surface area contributed by atoms with Crippen LogP contribution in [0, 0.1) is 0 Å². The number of hydrogen-bond acceptors (Lipinski definition) is 2. The summed E-state index contributed by atoms with van der Waals surface area (Å²) >= 11 is 0. The molecule has 2 nitrogen and oxygen atoms in total. The maximum Gasteiger partial charge on any atom is 0.494 e. The van der Waals surface area contributed by atoms with Gasteiger partial charge in [0.1, 0.15) is 0 Å². The minimum absolute atomic E-state index is 0.183. The second kappa shape index (κ2) is 7.37. The topological polar surface area (TPSA) is 18.5 Å². The van der Waals surface area contributed by atoms with Crippen LogP contribution in [-0.4, -0.2) is 18.3 Å². The Balaban J connectivity index is 1.76. The molecule has 0 aliphatic carbocycles. The summed E-state index contributed by atoms with van der Waals surface area (Å²) in [6.45, 7) is 8.05. The van der Waals surface area contributed by atoms with E-state index in [0.29, 0.717) is 5.56 Å². The third kappa shape index (κ3) is 3.48. The molecule has 0 unspecified atom stereocenters. The largest absolute Gasteiger partial charge is 0.494 e. The fourth-order valence-electron chi connectivity index (χ4n) is 4.00. The van der Waals surface area contributed by atoms with Crippen molar-refractivity contribution >= 4 is 23.4 Å². The summed E-state index contributed by atoms with van der Waals surface area (Å²) in [6, 6.07) is 18.0. The molecule has 0 radical (unpaired) electrons. The van der Waals surface area contributed by atoms with Crippen LogP contribution >= 0.6 is 0 Å². The van der Waals surface area contributed by atoms with Crippen LogP contribution in [-0.2, 0) is 9.31 Å². The monoisotopic (exact) mass is 411 g/mol. The zero-order chi connectivity index (χ0) is 26.0. The first kappa shape index (κ1) is 15.0. The van der Waals surface area contributed by atoms with E-state index in [4.69, 9.17) is 16.2 Å². The smallest absolute Gasteiger partial charge is 0.399 e. The molecule has 0 spiro atoms. The fourth-order valence-corrected chi connectivity index (χ4v) is 4.00. The lowest BCUT2D eigenvalue weighted by Gasteiger charge is -2.32. The van der Waals surface area contributed by atoms with Crippen LogP contribution < -0.4 is 5.46 Å². The molecule has 0 amide bonds. The van der Waals surface area contributed by atoms with Gasteiger partial charge >= 0.3 is 7.12 Å². The van der Waals surface area contributed by atoms with Crippen molar-refractivity contribution in [3.05, 3.63) is 90.9 Å². The molecular formula is C28H27BO2. The molecule has 154 valence electrons. The summed E-state index contributed by atoms with van der Waals surface area (Å²) in [5.41, 5.74) is 2.30. The van der Waals surface area contributed by atoms with Crippen molar-refractivity contribution in [2.45, 2.75) is 38.9 Å². The van der Waals surface area contributed by atoms with Gasteiger partial charge in [0, 0.05) is 0 Å². The van der Waals surface area contributed by atoms with E-state index in [1.54, 1.807) is 0 Å². The van der Waals surface area contributed by atoms with E-state index in [-0.39, 0.29) is 29.7 Å². The number of benzene rings is 4. The molecule has 1 saturated heterocycles. The van der Waals surface area contributed by atoms with Gasteiger partial charge in [-0.1, -0.05) is 90.9 Å². The van der Waals surface area contributed by atoms with Gasteiger partial charge in [0.25, 0.3) is 0 Å². The Bertz CT molecular complexity index is 1470. The molecule has 3 heteroatoms. The average Bonchev–Trinajstić information content (AvgIpc) is 3.08. The quantitative estimate of drug-likeness (QED) is 0.360. The minimum atomic E-state index is -0.547. The Labute approximate surface area is 192 Å². The summed E-state index contributed by atoms with van der Waals surface area (Å²) in [5, 5.41) is 1.91. The van der Waals surface area contributed by atoms with E-state index in [0.717, 1.165) is 27.4 Å². The highest BCUT2D eigenvalue weighted by atomic mass is 16.7. The summed E-state index contributed by atoms with van der Waals surface area (Å²) in [5.74, 6) is 0. The van der Waals surface area contributed by atoms with Crippen LogP contribution in [0.4, 0.5) is 0 Å². The molecule has 0 bridgehead atoms. The van der Waals surface area contributed by atoms with Gasteiger partial charge in [0.15, 0.2) is 0 Å². The molecule has 0 aromatic heterocycles. The predicted molar refractivity (Wildman–Crippen MR) is 131 cm³/mol. The molecule has 0 saturated carbocycles. The highest BCUT2D eigenvalue weighted by molar-refractivity contribution is 6.62. The fraction of sp³-hybridized carbons (Fsp3) is 0.214. The lowest BCUT2D eigenvalue weighted by atomic mass is 9.77. The minimum Gasteiger partial charge on any atom is -0.399 e. The SMILES string of the molecule is [2H]c1c([2H])c([2H])c(-c2ccc3ccccc3c2-c2cccc(B3OC(C)(C)C(C)(C)O3)c2)c([2H])c1[2H]. The van der Waals surface area contributed by atoms with Crippen molar-refractivity contribution in [2.24, 2.45) is 0 Å². The number of rotatable bonds is 3. The van der Waals surface area contributed by atoms with Gasteiger partial charge in [0.05, 0.1) is 18.1 Å². The van der Waals surface area contributed by atoms with Gasteiger partial charge in [-0.2, -0.15) is 0 Å². The Morgan fingerprint density at radius 3 is 2.19 bits per heavy atom. The van der Waals surface area contributed by atoms with Crippen LogP contribution in [0.2, 0.25) is 0 Å². The van der Waals surface area contributed by atoms with Crippen molar-refractivity contribution < 1.29 is 16.2 Å². The zero-order valence-electron chi connectivity index (χ0n) is 23.2. The van der Waals surface area contributed by atoms with E-state index >= 15 is 0 Å². The van der Waals surface area contributed by atoms with E-state index in [9.17, 15) is 0 Å². The molecule has 31 heavy (non-hydrogen) atoms. The molecular weight excluding hydrogens is 379 g/mol. The zero-order valence-corrected chi connectivity index (χ0v) is 18.2. The summed E-state index contributed by atoms with van der Waals surface area (Å²) in [4.78, 5) is 0. The van der Waals surface area contributed by atoms with Gasteiger partial charge in [-0.15, -0.1) is 0 Å². The summed E-state index contributed by atoms with van der Waals surface area (Å²) in [6.07, 6.45) is 0. The van der Waals surface area contributed by atoms with Crippen molar-refractivity contribution in [3.8, 4) is 22.3 Å². The van der Waals surface area contributed by atoms with E-state index in [2.05, 4.69) is 0 Å². The lowest BCUT2D eigenvalue weighted by molar-refractivity contribution is 0.00578. The van der Waals surface area contributed by atoms with Crippen LogP contribution in [0.25, 0.3) is 33.0 Å². The molecule has 0 atom stereocenters. The van der Waals surface area contributed by atoms with Crippen molar-refractivity contribution in [2.75, 3.05) is 0 Å². The Morgan fingerprint density at radius 2 is 1.45 bits per heavy atom. The highest BCUT2D eigenvalue weighted by Gasteiger charge is 2.51. The van der Waals surface area contributed by atoms with Crippen LogP contribution in [0.5, 0.6) is 0 Å². The van der Waals surface area contributed by atoms with Crippen LogP contribution in [0.15, 0.2) is 90.9 Å². The Kier molecular flexibility index (Phi) is 3.57. The predicted octanol–water partition coefficient (Wildman–Crippen LogP) is 6.47. The molecule has 1 aliphatic rings. The molecule has 1 aliphatic heterocycles. The maximum atomic E-state index is 8.59. The number of hydrogen-bond donors (Lipinski definition) is 0. The average molecular weight is 411 g/mol. The highest BCUT2D eigenvalue weighted by Crippen LogP contribution is 2.39. The Morgan fingerprint density at radius 1 is 0.742 bits per heavy atom. The molecule has 4 aromatic rings. The van der Waals surface area contributed by atoms with Gasteiger partial charge < -0.3 is 9.31 Å². The standard InChI is InChI=1S/C28H27BO2/c1-27(2)28(3,4)31-29(30-27)23-15-10-14-22(19-23)26-24-16-9-8-13-21(24)17-18-25(26)20-11-6-5-7-12-20/h5-19H,1-4H3/i5D,6D,7D,11D,12D. The molecule has 4 aromatic carbocycles. The normalized spacial score (nSPS) is 19.5. The first-order valence-corrected chi connectivity index (χ1v) is 10.5. The van der Waals surface area contributed by atoms with Gasteiger partial charge in [0.2, 0.25) is 0 Å². The van der Waals surface area contributed by atoms with Gasteiger partial charge in [-0.25, -0.2) is 0 Å². The van der Waals surface area contributed by atoms with Crippen molar-refractivity contribution in [1.82, 2.24) is 0 Å².